The van der Waals surface area contributed by atoms with Crippen LogP contribution >= 0.6 is 0 Å². The second-order valence-electron chi connectivity index (χ2n) is 7.47. The Morgan fingerprint density at radius 2 is 1.59 bits per heavy atom. The first kappa shape index (κ1) is 19.7. The molecule has 0 bridgehead atoms. The van der Waals surface area contributed by atoms with Gasteiger partial charge in [-0.25, -0.2) is 8.42 Å². The molecule has 1 aliphatic rings. The van der Waals surface area contributed by atoms with Crippen LogP contribution in [0.4, 0.5) is 5.88 Å². The van der Waals surface area contributed by atoms with E-state index in [-0.39, 0.29) is 28.0 Å². The number of hydrogen-bond acceptors (Lipinski definition) is 6. The Balaban J connectivity index is 1.85. The smallest absolute Gasteiger partial charge is 0.236 e. The fourth-order valence-corrected chi connectivity index (χ4v) is 4.89. The fraction of sp³-hybridized carbons (Fsp3) is 0.318. The van der Waals surface area contributed by atoms with E-state index in [1.807, 2.05) is 49.9 Å². The first-order valence-corrected chi connectivity index (χ1v) is 11.1. The van der Waals surface area contributed by atoms with Crippen molar-refractivity contribution in [2.45, 2.75) is 42.9 Å². The highest BCUT2D eigenvalue weighted by atomic mass is 32.2. The van der Waals surface area contributed by atoms with Crippen LogP contribution in [0.3, 0.4) is 0 Å². The lowest BCUT2D eigenvalue weighted by atomic mass is 10.1. The third-order valence-electron chi connectivity index (χ3n) is 4.89. The van der Waals surface area contributed by atoms with Gasteiger partial charge in [-0.15, -0.1) is 0 Å². The van der Waals surface area contributed by atoms with E-state index in [0.29, 0.717) is 19.0 Å². The van der Waals surface area contributed by atoms with Gasteiger partial charge < -0.3 is 14.1 Å². The zero-order valence-electron chi connectivity index (χ0n) is 16.7. The second kappa shape index (κ2) is 7.65. The molecule has 0 amide bonds. The van der Waals surface area contributed by atoms with Gasteiger partial charge in [0, 0.05) is 18.7 Å². The van der Waals surface area contributed by atoms with E-state index in [1.165, 1.54) is 0 Å². The SMILES string of the molecule is Cc1ccc(-c2nc(S(=O)(=O)c3ccccc3)c(N3CC(C)OC(C)C3)o2)cc1. The number of nitrogens with zero attached hydrogens (tertiary/aromatic N) is 2. The Bertz CT molecular complexity index is 1080. The lowest BCUT2D eigenvalue weighted by Crippen LogP contribution is -2.45. The van der Waals surface area contributed by atoms with E-state index in [0.717, 1.165) is 11.1 Å². The van der Waals surface area contributed by atoms with Gasteiger partial charge in [0.2, 0.25) is 26.6 Å². The summed E-state index contributed by atoms with van der Waals surface area (Å²) in [5, 5.41) is -0.0550. The number of aromatic nitrogens is 1. The van der Waals surface area contributed by atoms with Gasteiger partial charge >= 0.3 is 0 Å². The summed E-state index contributed by atoms with van der Waals surface area (Å²) < 4.78 is 38.6. The summed E-state index contributed by atoms with van der Waals surface area (Å²) in [7, 11) is -3.84. The predicted octanol–water partition coefficient (Wildman–Crippen LogP) is 4.10. The van der Waals surface area contributed by atoms with Crippen LogP contribution < -0.4 is 4.90 Å². The van der Waals surface area contributed by atoms with Crippen LogP contribution in [-0.4, -0.2) is 38.7 Å². The maximum atomic E-state index is 13.4. The molecule has 1 fully saturated rings. The Labute approximate surface area is 171 Å². The molecule has 1 saturated heterocycles. The summed E-state index contributed by atoms with van der Waals surface area (Å²) in [5.41, 5.74) is 1.84. The zero-order chi connectivity index (χ0) is 20.6. The third-order valence-corrected chi connectivity index (χ3v) is 6.56. The van der Waals surface area contributed by atoms with Crippen molar-refractivity contribution in [3.8, 4) is 11.5 Å². The molecule has 2 heterocycles. The molecule has 29 heavy (non-hydrogen) atoms. The van der Waals surface area contributed by atoms with E-state index in [2.05, 4.69) is 4.98 Å². The largest absolute Gasteiger partial charge is 0.419 e. The predicted molar refractivity (Wildman–Crippen MR) is 111 cm³/mol. The van der Waals surface area contributed by atoms with Gasteiger partial charge in [0.25, 0.3) is 0 Å². The second-order valence-corrected chi connectivity index (χ2v) is 9.34. The molecule has 0 radical (unpaired) electrons. The van der Waals surface area contributed by atoms with Crippen molar-refractivity contribution in [1.82, 2.24) is 4.98 Å². The van der Waals surface area contributed by atoms with E-state index >= 15 is 0 Å². The highest BCUT2D eigenvalue weighted by Gasteiger charge is 2.34. The van der Waals surface area contributed by atoms with Crippen LogP contribution in [-0.2, 0) is 14.6 Å². The standard InChI is InChI=1S/C22H24N2O4S/c1-15-9-11-18(12-10-15)20-23-21(29(25,26)19-7-5-4-6-8-19)22(28-20)24-13-16(2)27-17(3)14-24/h4-12,16-17H,13-14H2,1-3H3. The number of benzene rings is 2. The molecule has 0 saturated carbocycles. The molecule has 2 atom stereocenters. The van der Waals surface area contributed by atoms with Gasteiger partial charge in [-0.2, -0.15) is 4.98 Å². The quantitative estimate of drug-likeness (QED) is 0.642. The molecule has 4 rings (SSSR count). The maximum absolute atomic E-state index is 13.4. The van der Waals surface area contributed by atoms with Gasteiger partial charge in [0.1, 0.15) is 0 Å². The molecule has 0 N–H and O–H groups in total. The van der Waals surface area contributed by atoms with Crippen molar-refractivity contribution in [1.29, 1.82) is 0 Å². The summed E-state index contributed by atoms with van der Waals surface area (Å²) in [6.45, 7) is 6.98. The van der Waals surface area contributed by atoms with Gasteiger partial charge in [-0.3, -0.25) is 0 Å². The summed E-state index contributed by atoms with van der Waals surface area (Å²) in [6, 6.07) is 16.0. The van der Waals surface area contributed by atoms with Crippen molar-refractivity contribution in [2.24, 2.45) is 0 Å². The van der Waals surface area contributed by atoms with Crippen molar-refractivity contribution in [3.05, 3.63) is 60.2 Å². The Morgan fingerprint density at radius 1 is 0.966 bits per heavy atom. The minimum atomic E-state index is -3.84. The summed E-state index contributed by atoms with van der Waals surface area (Å²) in [4.78, 5) is 6.56. The lowest BCUT2D eigenvalue weighted by molar-refractivity contribution is -0.00657. The average Bonchev–Trinajstić information content (AvgIpc) is 3.15. The van der Waals surface area contributed by atoms with Crippen LogP contribution in [0.5, 0.6) is 0 Å². The minimum absolute atomic E-state index is 0.0426. The van der Waals surface area contributed by atoms with Crippen molar-refractivity contribution in [2.75, 3.05) is 18.0 Å². The molecule has 6 nitrogen and oxygen atoms in total. The van der Waals surface area contributed by atoms with Crippen LogP contribution in [0.2, 0.25) is 0 Å². The Kier molecular flexibility index (Phi) is 5.19. The first-order chi connectivity index (χ1) is 13.8. The molecule has 7 heteroatoms. The Morgan fingerprint density at radius 3 is 2.21 bits per heavy atom. The fourth-order valence-electron chi connectivity index (χ4n) is 3.55. The summed E-state index contributed by atoms with van der Waals surface area (Å²) in [5.74, 6) is 0.563. The number of sulfone groups is 1. The number of ether oxygens (including phenoxy) is 1. The molecular formula is C22H24N2O4S. The third kappa shape index (κ3) is 3.93. The first-order valence-electron chi connectivity index (χ1n) is 9.63. The summed E-state index contributed by atoms with van der Waals surface area (Å²) >= 11 is 0. The normalized spacial score (nSPS) is 20.0. The zero-order valence-corrected chi connectivity index (χ0v) is 17.5. The highest BCUT2D eigenvalue weighted by molar-refractivity contribution is 7.91. The van der Waals surface area contributed by atoms with Gasteiger partial charge in [-0.1, -0.05) is 35.9 Å². The van der Waals surface area contributed by atoms with Crippen LogP contribution in [0.1, 0.15) is 19.4 Å². The maximum Gasteiger partial charge on any atom is 0.236 e. The van der Waals surface area contributed by atoms with Gasteiger partial charge in [0.05, 0.1) is 17.1 Å². The molecule has 0 spiro atoms. The topological polar surface area (TPSA) is 72.6 Å². The van der Waals surface area contributed by atoms with E-state index < -0.39 is 9.84 Å². The molecule has 0 aliphatic carbocycles. The highest BCUT2D eigenvalue weighted by Crippen LogP contribution is 2.36. The number of morpholine rings is 1. The number of anilines is 1. The summed E-state index contributed by atoms with van der Waals surface area (Å²) in [6.07, 6.45) is -0.0853. The van der Waals surface area contributed by atoms with Crippen LogP contribution in [0.25, 0.3) is 11.5 Å². The van der Waals surface area contributed by atoms with Gasteiger partial charge in [-0.05, 0) is 45.0 Å². The number of aryl methyl sites for hydroxylation is 1. The molecule has 1 aliphatic heterocycles. The van der Waals surface area contributed by atoms with E-state index in [1.54, 1.807) is 30.3 Å². The molecule has 3 aromatic rings. The Hall–Kier alpha value is -2.64. The van der Waals surface area contributed by atoms with Crippen molar-refractivity contribution in [3.63, 3.8) is 0 Å². The molecule has 152 valence electrons. The van der Waals surface area contributed by atoms with E-state index in [4.69, 9.17) is 9.15 Å². The van der Waals surface area contributed by atoms with E-state index in [9.17, 15) is 8.42 Å². The van der Waals surface area contributed by atoms with Crippen LogP contribution in [0, 0.1) is 6.92 Å². The molecular weight excluding hydrogens is 388 g/mol. The van der Waals surface area contributed by atoms with Crippen molar-refractivity contribution >= 4 is 15.7 Å². The average molecular weight is 413 g/mol. The molecule has 2 unspecified atom stereocenters. The van der Waals surface area contributed by atoms with Gasteiger partial charge in [0.15, 0.2) is 0 Å². The number of oxazole rings is 1. The monoisotopic (exact) mass is 412 g/mol. The molecule has 2 aromatic carbocycles. The minimum Gasteiger partial charge on any atom is -0.419 e. The molecule has 1 aromatic heterocycles. The van der Waals surface area contributed by atoms with Crippen molar-refractivity contribution < 1.29 is 17.6 Å². The number of rotatable bonds is 4. The van der Waals surface area contributed by atoms with Crippen LogP contribution in [0.15, 0.2) is 68.9 Å². The lowest BCUT2D eigenvalue weighted by Gasteiger charge is -2.35. The number of hydrogen-bond donors (Lipinski definition) is 0.